The summed E-state index contributed by atoms with van der Waals surface area (Å²) in [5, 5.41) is 0. The summed E-state index contributed by atoms with van der Waals surface area (Å²) in [6.07, 6.45) is 14.8. The minimum absolute atomic E-state index is 0.129. The molecule has 0 saturated heterocycles. The zero-order valence-electron chi connectivity index (χ0n) is 19.9. The third kappa shape index (κ3) is 13.2. The van der Waals surface area contributed by atoms with Gasteiger partial charge in [-0.15, -0.1) is 0 Å². The van der Waals surface area contributed by atoms with Gasteiger partial charge in [-0.25, -0.2) is 4.57 Å². The molecule has 0 aliphatic carbocycles. The molecule has 0 aromatic carbocycles. The topological polar surface area (TPSA) is 76.0 Å². The molecule has 6 heteroatoms. The molecule has 0 fully saturated rings. The number of phosphoric acid groups is 1. The molecule has 0 heterocycles. The van der Waals surface area contributed by atoms with E-state index in [-0.39, 0.29) is 12.0 Å². The summed E-state index contributed by atoms with van der Waals surface area (Å²) in [6.45, 7) is 13.2. The first-order valence-electron chi connectivity index (χ1n) is 12.0. The Morgan fingerprint density at radius 2 is 1.03 bits per heavy atom. The zero-order chi connectivity index (χ0) is 22.2. The Bertz CT molecular complexity index is 419. The van der Waals surface area contributed by atoms with Crippen molar-refractivity contribution in [1.82, 2.24) is 0 Å². The normalized spacial score (nSPS) is 13.2. The smallest absolute Gasteiger partial charge is 0.381 e. The van der Waals surface area contributed by atoms with Gasteiger partial charge in [0.05, 0.1) is 6.61 Å². The van der Waals surface area contributed by atoms with E-state index < -0.39 is 7.82 Å². The Labute approximate surface area is 180 Å². The molecule has 176 valence electrons. The number of unbranched alkanes of at least 4 members (excludes halogenated alkanes) is 2. The van der Waals surface area contributed by atoms with Gasteiger partial charge in [-0.05, 0) is 49.4 Å². The molecule has 2 N–H and O–H groups in total. The van der Waals surface area contributed by atoms with Crippen molar-refractivity contribution < 1.29 is 23.6 Å². The molecule has 29 heavy (non-hydrogen) atoms. The highest BCUT2D eigenvalue weighted by atomic mass is 31.2. The maximum atomic E-state index is 10.8. The van der Waals surface area contributed by atoms with E-state index in [0.29, 0.717) is 11.8 Å². The molecule has 0 amide bonds. The van der Waals surface area contributed by atoms with E-state index in [4.69, 9.17) is 14.5 Å². The van der Waals surface area contributed by atoms with Gasteiger partial charge in [0.1, 0.15) is 0 Å². The van der Waals surface area contributed by atoms with Crippen LogP contribution in [0.1, 0.15) is 118 Å². The first-order valence-corrected chi connectivity index (χ1v) is 13.5. The van der Waals surface area contributed by atoms with Crippen LogP contribution < -0.4 is 0 Å². The largest absolute Gasteiger partial charge is 0.469 e. The summed E-state index contributed by atoms with van der Waals surface area (Å²) < 4.78 is 21.2. The summed E-state index contributed by atoms with van der Waals surface area (Å²) in [5.74, 6) is 0. The van der Waals surface area contributed by atoms with E-state index in [2.05, 4.69) is 39.1 Å². The molecule has 0 rings (SSSR count). The summed E-state index contributed by atoms with van der Waals surface area (Å²) in [6, 6.07) is 0. The van der Waals surface area contributed by atoms with Crippen LogP contribution in [0.5, 0.6) is 0 Å². The van der Waals surface area contributed by atoms with E-state index in [1.54, 1.807) is 0 Å². The average Bonchev–Trinajstić information content (AvgIpc) is 2.71. The van der Waals surface area contributed by atoms with Gasteiger partial charge in [0.15, 0.2) is 0 Å². The molecule has 5 nitrogen and oxygen atoms in total. The van der Waals surface area contributed by atoms with E-state index in [1.807, 2.05) is 0 Å². The lowest BCUT2D eigenvalue weighted by Gasteiger charge is -2.32. The summed E-state index contributed by atoms with van der Waals surface area (Å²) in [4.78, 5) is 17.6. The van der Waals surface area contributed by atoms with Gasteiger partial charge in [-0.3, -0.25) is 4.52 Å². The van der Waals surface area contributed by atoms with Crippen LogP contribution in [0.25, 0.3) is 0 Å². The Kier molecular flexibility index (Phi) is 15.8. The number of hydrogen-bond acceptors (Lipinski definition) is 3. The fourth-order valence-corrected chi connectivity index (χ4v) is 4.87. The molecule has 0 spiro atoms. The van der Waals surface area contributed by atoms with Crippen molar-refractivity contribution in [1.29, 1.82) is 0 Å². The fourth-order valence-electron chi connectivity index (χ4n) is 4.50. The van der Waals surface area contributed by atoms with Crippen molar-refractivity contribution in [2.24, 2.45) is 10.8 Å². The standard InChI is InChI=1S/C23H49O5P/c1-6-22(7-2,8-3)16-11-13-19-27-20-14-12-17-23(9-4,10-5)18-15-21-28-29(24,25)26/h6-21H2,1-5H3,(H2,24,25,26). The highest BCUT2D eigenvalue weighted by Gasteiger charge is 2.26. The van der Waals surface area contributed by atoms with Crippen LogP contribution in [0.2, 0.25) is 0 Å². The Balaban J connectivity index is 3.92. The van der Waals surface area contributed by atoms with E-state index >= 15 is 0 Å². The molecular weight excluding hydrogens is 387 g/mol. The maximum absolute atomic E-state index is 10.8. The number of rotatable bonds is 20. The lowest BCUT2D eigenvalue weighted by molar-refractivity contribution is 0.112. The molecule has 0 saturated carbocycles. The highest BCUT2D eigenvalue weighted by Crippen LogP contribution is 2.40. The minimum atomic E-state index is -4.34. The van der Waals surface area contributed by atoms with Crippen LogP contribution in [0.15, 0.2) is 0 Å². The quantitative estimate of drug-likeness (QED) is 0.155. The molecule has 0 aromatic rings. The predicted molar refractivity (Wildman–Crippen MR) is 122 cm³/mol. The highest BCUT2D eigenvalue weighted by molar-refractivity contribution is 7.46. The van der Waals surface area contributed by atoms with Gasteiger partial charge in [0, 0.05) is 13.2 Å². The second kappa shape index (κ2) is 15.8. The number of hydrogen-bond donors (Lipinski definition) is 2. The van der Waals surface area contributed by atoms with Crippen molar-refractivity contribution in [3.8, 4) is 0 Å². The Morgan fingerprint density at radius 3 is 1.45 bits per heavy atom. The minimum Gasteiger partial charge on any atom is -0.381 e. The van der Waals surface area contributed by atoms with Crippen molar-refractivity contribution in [3.05, 3.63) is 0 Å². The van der Waals surface area contributed by atoms with Crippen molar-refractivity contribution >= 4 is 7.82 Å². The van der Waals surface area contributed by atoms with Crippen LogP contribution in [-0.2, 0) is 13.8 Å². The molecule has 0 unspecified atom stereocenters. The fraction of sp³-hybridized carbons (Fsp3) is 1.00. The van der Waals surface area contributed by atoms with Crippen LogP contribution in [0.3, 0.4) is 0 Å². The van der Waals surface area contributed by atoms with E-state index in [0.717, 1.165) is 58.2 Å². The third-order valence-corrected chi connectivity index (χ3v) is 7.87. The molecule has 0 radical (unpaired) electrons. The van der Waals surface area contributed by atoms with E-state index in [1.165, 1.54) is 32.1 Å². The van der Waals surface area contributed by atoms with Crippen molar-refractivity contribution in [2.45, 2.75) is 118 Å². The molecular formula is C23H49O5P. The van der Waals surface area contributed by atoms with Gasteiger partial charge in [-0.1, -0.05) is 79.6 Å². The predicted octanol–water partition coefficient (Wildman–Crippen LogP) is 7.26. The molecule has 0 aromatic heterocycles. The zero-order valence-corrected chi connectivity index (χ0v) is 20.8. The lowest BCUT2D eigenvalue weighted by atomic mass is 9.74. The second-order valence-corrected chi connectivity index (χ2v) is 9.96. The second-order valence-electron chi connectivity index (χ2n) is 8.72. The molecule has 0 aliphatic heterocycles. The Hall–Kier alpha value is 0.0700. The van der Waals surface area contributed by atoms with E-state index in [9.17, 15) is 4.57 Å². The first kappa shape index (κ1) is 29.1. The monoisotopic (exact) mass is 436 g/mol. The Morgan fingerprint density at radius 1 is 0.621 bits per heavy atom. The summed E-state index contributed by atoms with van der Waals surface area (Å²) in [7, 11) is -4.34. The number of phosphoric ester groups is 1. The van der Waals surface area contributed by atoms with Crippen molar-refractivity contribution in [3.63, 3.8) is 0 Å². The van der Waals surface area contributed by atoms with Gasteiger partial charge in [0.25, 0.3) is 0 Å². The number of ether oxygens (including phenoxy) is 1. The van der Waals surface area contributed by atoms with Crippen LogP contribution >= 0.6 is 7.82 Å². The molecule has 0 aliphatic rings. The first-order chi connectivity index (χ1) is 13.7. The molecule has 0 atom stereocenters. The van der Waals surface area contributed by atoms with Crippen LogP contribution in [0, 0.1) is 10.8 Å². The van der Waals surface area contributed by atoms with Crippen LogP contribution in [-0.4, -0.2) is 29.6 Å². The van der Waals surface area contributed by atoms with Gasteiger partial charge < -0.3 is 14.5 Å². The SMILES string of the molecule is CCC(CC)(CC)CCCCOCCCCC(CC)(CC)CCCOP(=O)(O)O. The van der Waals surface area contributed by atoms with Gasteiger partial charge in [-0.2, -0.15) is 0 Å². The average molecular weight is 437 g/mol. The maximum Gasteiger partial charge on any atom is 0.469 e. The van der Waals surface area contributed by atoms with Crippen LogP contribution in [0.4, 0.5) is 0 Å². The van der Waals surface area contributed by atoms with Gasteiger partial charge >= 0.3 is 7.82 Å². The molecule has 0 bridgehead atoms. The van der Waals surface area contributed by atoms with Gasteiger partial charge in [0.2, 0.25) is 0 Å². The summed E-state index contributed by atoms with van der Waals surface area (Å²) in [5.41, 5.74) is 0.794. The third-order valence-electron chi connectivity index (χ3n) is 7.35. The summed E-state index contributed by atoms with van der Waals surface area (Å²) >= 11 is 0. The lowest BCUT2D eigenvalue weighted by Crippen LogP contribution is -2.20. The van der Waals surface area contributed by atoms with Crippen molar-refractivity contribution in [2.75, 3.05) is 19.8 Å².